The minimum atomic E-state index is -0.0142. The zero-order valence-electron chi connectivity index (χ0n) is 15.1. The Hall–Kier alpha value is -1.63. The van der Waals surface area contributed by atoms with E-state index in [9.17, 15) is 9.59 Å². The van der Waals surface area contributed by atoms with Crippen LogP contribution in [0.4, 0.5) is 5.13 Å². The van der Waals surface area contributed by atoms with Crippen LogP contribution < -0.4 is 4.90 Å². The van der Waals surface area contributed by atoms with Crippen LogP contribution in [-0.4, -0.2) is 41.3 Å². The molecule has 0 bridgehead atoms. The first-order valence-electron chi connectivity index (χ1n) is 8.98. The van der Waals surface area contributed by atoms with Gasteiger partial charge in [0.05, 0.1) is 10.7 Å². The van der Waals surface area contributed by atoms with Crippen molar-refractivity contribution in [1.82, 2.24) is 9.88 Å². The number of hydrogen-bond acceptors (Lipinski definition) is 4. The largest absolute Gasteiger partial charge is 0.342 e. The first kappa shape index (κ1) is 20.1. The second kappa shape index (κ2) is 9.04. The summed E-state index contributed by atoms with van der Waals surface area (Å²) in [5.41, 5.74) is 1.51. The molecule has 2 heterocycles. The molecule has 1 aromatic heterocycles. The lowest BCUT2D eigenvalue weighted by Crippen LogP contribution is -2.35. The Labute approximate surface area is 172 Å². The summed E-state index contributed by atoms with van der Waals surface area (Å²) in [6.07, 6.45) is 2.60. The maximum absolute atomic E-state index is 12.8. The maximum Gasteiger partial charge on any atom is 0.230 e. The van der Waals surface area contributed by atoms with Gasteiger partial charge in [-0.05, 0) is 31.0 Å². The lowest BCUT2D eigenvalue weighted by Gasteiger charge is -2.21. The number of amides is 2. The molecule has 0 aliphatic carbocycles. The molecule has 27 heavy (non-hydrogen) atoms. The quantitative estimate of drug-likeness (QED) is 0.635. The van der Waals surface area contributed by atoms with E-state index in [1.807, 2.05) is 18.4 Å². The van der Waals surface area contributed by atoms with Crippen LogP contribution >= 0.6 is 34.5 Å². The summed E-state index contributed by atoms with van der Waals surface area (Å²) in [6.45, 7) is 3.83. The number of carbonyl (C=O) groups is 2. The van der Waals surface area contributed by atoms with Gasteiger partial charge >= 0.3 is 0 Å². The molecule has 5 nitrogen and oxygen atoms in total. The molecule has 2 amide bonds. The molecule has 1 aliphatic rings. The maximum atomic E-state index is 12.8. The van der Waals surface area contributed by atoms with Crippen molar-refractivity contribution in [2.75, 3.05) is 24.5 Å². The number of thiazole rings is 1. The van der Waals surface area contributed by atoms with Crippen LogP contribution in [0, 0.1) is 0 Å². The predicted molar refractivity (Wildman–Crippen MR) is 111 cm³/mol. The van der Waals surface area contributed by atoms with E-state index in [1.165, 1.54) is 11.3 Å². The fourth-order valence-electron chi connectivity index (χ4n) is 3.07. The molecule has 1 fully saturated rings. The van der Waals surface area contributed by atoms with E-state index in [-0.39, 0.29) is 11.8 Å². The van der Waals surface area contributed by atoms with Crippen molar-refractivity contribution in [3.8, 4) is 11.3 Å². The number of likely N-dealkylation sites (tertiary alicyclic amines) is 1. The molecular weight excluding hydrogens is 405 g/mol. The molecule has 1 aromatic carbocycles. The third-order valence-electron chi connectivity index (χ3n) is 4.45. The van der Waals surface area contributed by atoms with Crippen LogP contribution in [0.2, 0.25) is 10.0 Å². The second-order valence-electron chi connectivity index (χ2n) is 6.42. The van der Waals surface area contributed by atoms with Gasteiger partial charge in [0.2, 0.25) is 11.8 Å². The first-order valence-corrected chi connectivity index (χ1v) is 10.6. The van der Waals surface area contributed by atoms with Crippen molar-refractivity contribution in [3.63, 3.8) is 0 Å². The van der Waals surface area contributed by atoms with Gasteiger partial charge in [0.15, 0.2) is 5.13 Å². The van der Waals surface area contributed by atoms with Gasteiger partial charge in [-0.2, -0.15) is 0 Å². The van der Waals surface area contributed by atoms with E-state index in [0.29, 0.717) is 41.1 Å². The number of nitrogens with zero attached hydrogens (tertiary/aromatic N) is 3. The van der Waals surface area contributed by atoms with Gasteiger partial charge in [-0.25, -0.2) is 4.98 Å². The molecule has 0 N–H and O–H groups in total. The Bertz CT molecular complexity index is 840. The van der Waals surface area contributed by atoms with Crippen LogP contribution in [0.15, 0.2) is 23.6 Å². The highest BCUT2D eigenvalue weighted by molar-refractivity contribution is 7.14. The Balaban J connectivity index is 1.73. The summed E-state index contributed by atoms with van der Waals surface area (Å²) in [6, 6.07) is 5.28. The van der Waals surface area contributed by atoms with Gasteiger partial charge in [-0.1, -0.05) is 30.1 Å². The van der Waals surface area contributed by atoms with Crippen LogP contribution in [0.25, 0.3) is 11.3 Å². The van der Waals surface area contributed by atoms with Crippen LogP contribution in [0.3, 0.4) is 0 Å². The number of halogens is 2. The van der Waals surface area contributed by atoms with Gasteiger partial charge in [-0.3, -0.25) is 14.5 Å². The van der Waals surface area contributed by atoms with E-state index in [1.54, 1.807) is 21.9 Å². The molecule has 2 aromatic rings. The summed E-state index contributed by atoms with van der Waals surface area (Å²) >= 11 is 13.6. The van der Waals surface area contributed by atoms with Crippen molar-refractivity contribution in [2.24, 2.45) is 0 Å². The van der Waals surface area contributed by atoms with Crippen molar-refractivity contribution in [3.05, 3.63) is 33.6 Å². The normalized spacial score (nSPS) is 14.0. The van der Waals surface area contributed by atoms with E-state index in [0.717, 1.165) is 30.6 Å². The zero-order chi connectivity index (χ0) is 19.4. The third kappa shape index (κ3) is 4.81. The first-order chi connectivity index (χ1) is 13.0. The zero-order valence-corrected chi connectivity index (χ0v) is 17.4. The van der Waals surface area contributed by atoms with Crippen molar-refractivity contribution in [2.45, 2.75) is 32.6 Å². The number of benzene rings is 1. The summed E-state index contributed by atoms with van der Waals surface area (Å²) in [7, 11) is 0. The lowest BCUT2D eigenvalue weighted by atomic mass is 10.2. The highest BCUT2D eigenvalue weighted by Crippen LogP contribution is 2.33. The fourth-order valence-corrected chi connectivity index (χ4v) is 4.44. The van der Waals surface area contributed by atoms with Crippen LogP contribution in [0.5, 0.6) is 0 Å². The highest BCUT2D eigenvalue weighted by Gasteiger charge is 2.24. The summed E-state index contributed by atoms with van der Waals surface area (Å²) in [5.74, 6) is 0.124. The monoisotopic (exact) mass is 425 g/mol. The van der Waals surface area contributed by atoms with E-state index < -0.39 is 0 Å². The van der Waals surface area contributed by atoms with Crippen LogP contribution in [-0.2, 0) is 9.59 Å². The molecule has 144 valence electrons. The van der Waals surface area contributed by atoms with E-state index >= 15 is 0 Å². The molecule has 0 unspecified atom stereocenters. The predicted octanol–water partition coefficient (Wildman–Crippen LogP) is 4.87. The van der Waals surface area contributed by atoms with Gasteiger partial charge in [0, 0.05) is 48.4 Å². The fraction of sp³-hybridized carbons (Fsp3) is 0.421. The molecular formula is C19H21Cl2N3O2S. The SMILES string of the molecule is CCCN(C(=O)CCN1CCCC1=O)c1nc(-c2ccc(Cl)cc2Cl)cs1. The van der Waals surface area contributed by atoms with Crippen LogP contribution in [0.1, 0.15) is 32.6 Å². The number of carbonyl (C=O) groups excluding carboxylic acids is 2. The Morgan fingerprint density at radius 3 is 2.85 bits per heavy atom. The number of rotatable bonds is 7. The van der Waals surface area contributed by atoms with Gasteiger partial charge in [0.1, 0.15) is 0 Å². The second-order valence-corrected chi connectivity index (χ2v) is 8.10. The van der Waals surface area contributed by atoms with E-state index in [4.69, 9.17) is 23.2 Å². The minimum absolute atomic E-state index is 0.0142. The molecule has 0 radical (unpaired) electrons. The molecule has 3 rings (SSSR count). The third-order valence-corrected chi connectivity index (χ3v) is 5.86. The van der Waals surface area contributed by atoms with Gasteiger partial charge in [0.25, 0.3) is 0 Å². The Morgan fingerprint density at radius 1 is 1.37 bits per heavy atom. The number of hydrogen-bond donors (Lipinski definition) is 0. The van der Waals surface area contributed by atoms with Gasteiger partial charge < -0.3 is 4.90 Å². The summed E-state index contributed by atoms with van der Waals surface area (Å²) < 4.78 is 0. The molecule has 0 spiro atoms. The lowest BCUT2D eigenvalue weighted by molar-refractivity contribution is -0.128. The molecule has 0 saturated carbocycles. The summed E-state index contributed by atoms with van der Waals surface area (Å²) in [5, 5.41) is 3.64. The van der Waals surface area contributed by atoms with Crippen molar-refractivity contribution in [1.29, 1.82) is 0 Å². The molecule has 1 aliphatic heterocycles. The smallest absolute Gasteiger partial charge is 0.230 e. The number of aromatic nitrogens is 1. The Morgan fingerprint density at radius 2 is 2.19 bits per heavy atom. The molecule has 1 saturated heterocycles. The molecule has 8 heteroatoms. The standard InChI is InChI=1S/C19H21Cl2N3O2S/c1-2-8-24(18(26)7-10-23-9-3-4-17(23)25)19-22-16(12-27-19)14-6-5-13(20)11-15(14)21/h5-6,11-12H,2-4,7-10H2,1H3. The van der Waals surface area contributed by atoms with E-state index in [2.05, 4.69) is 4.98 Å². The van der Waals surface area contributed by atoms with Gasteiger partial charge in [-0.15, -0.1) is 11.3 Å². The Kier molecular flexibility index (Phi) is 6.73. The van der Waals surface area contributed by atoms with Crippen molar-refractivity contribution >= 4 is 51.5 Å². The number of anilines is 1. The average molecular weight is 426 g/mol. The highest BCUT2D eigenvalue weighted by atomic mass is 35.5. The average Bonchev–Trinajstić information content (AvgIpc) is 3.27. The topological polar surface area (TPSA) is 53.5 Å². The molecule has 0 atom stereocenters. The summed E-state index contributed by atoms with van der Waals surface area (Å²) in [4.78, 5) is 32.6. The van der Waals surface area contributed by atoms with Crippen molar-refractivity contribution < 1.29 is 9.59 Å². The minimum Gasteiger partial charge on any atom is -0.342 e.